The van der Waals surface area contributed by atoms with Gasteiger partial charge >= 0.3 is 0 Å². The molecule has 1 aromatic heterocycles. The van der Waals surface area contributed by atoms with E-state index in [0.717, 1.165) is 38.5 Å². The smallest absolute Gasteiger partial charge is 0.0293 e. The van der Waals surface area contributed by atoms with Crippen LogP contribution in [-0.4, -0.2) is 0 Å². The van der Waals surface area contributed by atoms with Crippen molar-refractivity contribution in [1.29, 1.82) is 0 Å². The van der Waals surface area contributed by atoms with Crippen molar-refractivity contribution in [1.82, 2.24) is 0 Å². The van der Waals surface area contributed by atoms with Gasteiger partial charge in [-0.3, -0.25) is 0 Å². The number of rotatable bonds is 13. The Kier molecular flexibility index (Phi) is 13.2. The quantitative estimate of drug-likeness (QED) is 0.231. The molecule has 0 bridgehead atoms. The third kappa shape index (κ3) is 12.6. The van der Waals surface area contributed by atoms with E-state index in [0.29, 0.717) is 0 Å². The molecule has 0 aliphatic carbocycles. The van der Waals surface area contributed by atoms with Gasteiger partial charge in [0.1, 0.15) is 0 Å². The van der Waals surface area contributed by atoms with Gasteiger partial charge in [0.25, 0.3) is 0 Å². The molecular formula is C27H38S. The summed E-state index contributed by atoms with van der Waals surface area (Å²) in [5, 5.41) is 4.41. The van der Waals surface area contributed by atoms with Gasteiger partial charge in [-0.25, -0.2) is 0 Å². The molecule has 0 fully saturated rings. The predicted molar refractivity (Wildman–Crippen MR) is 129 cm³/mol. The van der Waals surface area contributed by atoms with Crippen LogP contribution in [0.5, 0.6) is 0 Å². The Hall–Kier alpha value is -1.78. The van der Waals surface area contributed by atoms with Gasteiger partial charge < -0.3 is 0 Å². The number of hydrogen-bond acceptors (Lipinski definition) is 1. The van der Waals surface area contributed by atoms with Crippen LogP contribution in [0.15, 0.2) is 63.4 Å². The lowest BCUT2D eigenvalue weighted by molar-refractivity contribution is 0.893. The molecular weight excluding hydrogens is 356 g/mol. The lowest BCUT2D eigenvalue weighted by atomic mass is 10.0. The molecule has 152 valence electrons. The maximum Gasteiger partial charge on any atom is 0.0293 e. The minimum atomic E-state index is 0.774. The SMILES string of the molecule is C#CC/C(C)=C/CC/C(C)=C/CC/C(C)=C/CC/C(C)=C/CCc1ccsc1. The Balaban J connectivity index is 2.19. The summed E-state index contributed by atoms with van der Waals surface area (Å²) >= 11 is 1.79. The summed E-state index contributed by atoms with van der Waals surface area (Å²) < 4.78 is 0. The summed E-state index contributed by atoms with van der Waals surface area (Å²) in [5.41, 5.74) is 7.29. The summed E-state index contributed by atoms with van der Waals surface area (Å²) in [7, 11) is 0. The monoisotopic (exact) mass is 394 g/mol. The Morgan fingerprint density at radius 3 is 1.79 bits per heavy atom. The summed E-state index contributed by atoms with van der Waals surface area (Å²) in [6.07, 6.45) is 24.8. The average molecular weight is 395 g/mol. The molecule has 0 nitrogen and oxygen atoms in total. The first-order chi connectivity index (χ1) is 13.5. The second-order valence-electron chi connectivity index (χ2n) is 7.87. The van der Waals surface area contributed by atoms with Crippen LogP contribution >= 0.6 is 11.3 Å². The molecule has 0 aromatic carbocycles. The standard InChI is InChI=1S/C27H38S/c1-6-11-23(2)12-7-13-24(3)14-8-15-25(4)16-9-17-26(5)18-10-19-27-20-21-28-22-27/h1,12,14,16,18,20-22H,7-11,13,15,17,19H2,2-5H3/b23-12+,24-14+,25-16+,26-18+. The fraction of sp³-hybridized carbons (Fsp3) is 0.481. The largest absolute Gasteiger partial charge is 0.152 e. The van der Waals surface area contributed by atoms with Crippen molar-refractivity contribution in [3.8, 4) is 12.3 Å². The zero-order valence-corrected chi connectivity index (χ0v) is 19.2. The van der Waals surface area contributed by atoms with E-state index >= 15 is 0 Å². The van der Waals surface area contributed by atoms with E-state index in [2.05, 4.69) is 74.7 Å². The van der Waals surface area contributed by atoms with E-state index in [-0.39, 0.29) is 0 Å². The van der Waals surface area contributed by atoms with Crippen LogP contribution in [0.3, 0.4) is 0 Å². The van der Waals surface area contributed by atoms with E-state index in [9.17, 15) is 0 Å². The van der Waals surface area contributed by atoms with Crippen molar-refractivity contribution >= 4 is 11.3 Å². The maximum atomic E-state index is 5.34. The van der Waals surface area contributed by atoms with Crippen LogP contribution in [-0.2, 0) is 6.42 Å². The van der Waals surface area contributed by atoms with Crippen LogP contribution in [0.2, 0.25) is 0 Å². The molecule has 0 amide bonds. The zero-order valence-electron chi connectivity index (χ0n) is 18.4. The Labute approximate surface area is 178 Å². The number of terminal acetylenes is 1. The zero-order chi connectivity index (χ0) is 20.6. The van der Waals surface area contributed by atoms with Crippen molar-refractivity contribution < 1.29 is 0 Å². The fourth-order valence-corrected chi connectivity index (χ4v) is 3.80. The van der Waals surface area contributed by atoms with Crippen molar-refractivity contribution in [2.75, 3.05) is 0 Å². The molecule has 0 N–H and O–H groups in total. The van der Waals surface area contributed by atoms with Gasteiger partial charge in [-0.2, -0.15) is 11.3 Å². The predicted octanol–water partition coefficient (Wildman–Crippen LogP) is 8.83. The van der Waals surface area contributed by atoms with Gasteiger partial charge in [0.05, 0.1) is 0 Å². The van der Waals surface area contributed by atoms with Crippen LogP contribution in [0.25, 0.3) is 0 Å². The summed E-state index contributed by atoms with van der Waals surface area (Å²) in [6, 6.07) is 2.23. The first-order valence-corrected chi connectivity index (χ1v) is 11.5. The van der Waals surface area contributed by atoms with Crippen molar-refractivity contribution in [3.05, 3.63) is 69.0 Å². The third-order valence-corrected chi connectivity index (χ3v) is 5.71. The van der Waals surface area contributed by atoms with Gasteiger partial charge in [-0.05, 0) is 101 Å². The van der Waals surface area contributed by atoms with Crippen LogP contribution in [0, 0.1) is 12.3 Å². The second kappa shape index (κ2) is 15.2. The molecule has 1 rings (SSSR count). The van der Waals surface area contributed by atoms with Gasteiger partial charge in [-0.1, -0.05) is 46.6 Å². The number of allylic oxidation sites excluding steroid dienone is 8. The number of aryl methyl sites for hydroxylation is 1. The van der Waals surface area contributed by atoms with Crippen LogP contribution < -0.4 is 0 Å². The van der Waals surface area contributed by atoms with Crippen LogP contribution in [0.4, 0.5) is 0 Å². The third-order valence-electron chi connectivity index (χ3n) is 4.98. The first kappa shape index (κ1) is 24.3. The Morgan fingerprint density at radius 2 is 1.32 bits per heavy atom. The van der Waals surface area contributed by atoms with E-state index in [1.807, 2.05) is 0 Å². The summed E-state index contributed by atoms with van der Waals surface area (Å²) in [4.78, 5) is 0. The van der Waals surface area contributed by atoms with Gasteiger partial charge in [0.15, 0.2) is 0 Å². The van der Waals surface area contributed by atoms with Crippen molar-refractivity contribution in [3.63, 3.8) is 0 Å². The highest BCUT2D eigenvalue weighted by Gasteiger charge is 1.95. The second-order valence-corrected chi connectivity index (χ2v) is 8.65. The normalized spacial score (nSPS) is 13.7. The molecule has 0 aliphatic rings. The minimum absolute atomic E-state index is 0.774. The number of hydrogen-bond donors (Lipinski definition) is 0. The van der Waals surface area contributed by atoms with Gasteiger partial charge in [0, 0.05) is 6.42 Å². The van der Waals surface area contributed by atoms with Gasteiger partial charge in [0.2, 0.25) is 0 Å². The Morgan fingerprint density at radius 1 is 0.821 bits per heavy atom. The topological polar surface area (TPSA) is 0 Å². The average Bonchev–Trinajstić information content (AvgIpc) is 3.15. The van der Waals surface area contributed by atoms with E-state index in [1.165, 1.54) is 47.1 Å². The molecule has 1 aromatic rings. The van der Waals surface area contributed by atoms with Gasteiger partial charge in [-0.15, -0.1) is 12.3 Å². The maximum absolute atomic E-state index is 5.34. The van der Waals surface area contributed by atoms with E-state index in [4.69, 9.17) is 6.42 Å². The molecule has 1 heteroatoms. The van der Waals surface area contributed by atoms with E-state index in [1.54, 1.807) is 11.3 Å². The highest BCUT2D eigenvalue weighted by atomic mass is 32.1. The molecule has 0 saturated carbocycles. The van der Waals surface area contributed by atoms with Crippen molar-refractivity contribution in [2.45, 2.75) is 85.5 Å². The lowest BCUT2D eigenvalue weighted by Gasteiger charge is -2.03. The minimum Gasteiger partial charge on any atom is -0.152 e. The molecule has 1 heterocycles. The first-order valence-electron chi connectivity index (χ1n) is 10.6. The molecule has 0 radical (unpaired) electrons. The summed E-state index contributed by atoms with van der Waals surface area (Å²) in [6.45, 7) is 8.90. The fourth-order valence-electron chi connectivity index (χ4n) is 3.10. The highest BCUT2D eigenvalue weighted by Crippen LogP contribution is 2.15. The lowest BCUT2D eigenvalue weighted by Crippen LogP contribution is -1.83. The molecule has 28 heavy (non-hydrogen) atoms. The Bertz CT molecular complexity index is 702. The number of thiophene rings is 1. The molecule has 0 aliphatic heterocycles. The highest BCUT2D eigenvalue weighted by molar-refractivity contribution is 7.07. The van der Waals surface area contributed by atoms with E-state index < -0.39 is 0 Å². The summed E-state index contributed by atoms with van der Waals surface area (Å²) in [5.74, 6) is 2.70. The van der Waals surface area contributed by atoms with Crippen molar-refractivity contribution in [2.24, 2.45) is 0 Å². The molecule has 0 saturated heterocycles. The molecule has 0 spiro atoms. The van der Waals surface area contributed by atoms with Crippen LogP contribution in [0.1, 0.15) is 84.6 Å². The molecule has 0 unspecified atom stereocenters. The molecule has 0 atom stereocenters.